The van der Waals surface area contributed by atoms with Crippen molar-refractivity contribution < 1.29 is 33.4 Å². The lowest BCUT2D eigenvalue weighted by atomic mass is 10.4. The Morgan fingerprint density at radius 3 is 2.62 bits per heavy atom. The fourth-order valence-electron chi connectivity index (χ4n) is 1.77. The van der Waals surface area contributed by atoms with Crippen LogP contribution in [0.2, 0.25) is 0 Å². The smallest absolute Gasteiger partial charge is 0.323 e. The van der Waals surface area contributed by atoms with Crippen molar-refractivity contribution in [1.82, 2.24) is 9.38 Å². The quantitative estimate of drug-likeness (QED) is 0.387. The molecule has 0 fully saturated rings. The second kappa shape index (κ2) is 5.91. The van der Waals surface area contributed by atoms with Gasteiger partial charge < -0.3 is 19.1 Å². The van der Waals surface area contributed by atoms with E-state index in [1.807, 2.05) is 0 Å². The van der Waals surface area contributed by atoms with Crippen molar-refractivity contribution in [3.05, 3.63) is 28.5 Å². The summed E-state index contributed by atoms with van der Waals surface area (Å²) in [6, 6.07) is 3.11. The second-order valence-corrected chi connectivity index (χ2v) is 8.20. The fraction of sp³-hybridized carbons (Fsp3) is 0.222. The Hall–Kier alpha value is -0.570. The molecule has 2 aromatic rings. The van der Waals surface area contributed by atoms with E-state index in [4.69, 9.17) is 0 Å². The molecule has 9 nitrogen and oxygen atoms in total. The molecular formula is C9H11BrN2O7P2. The van der Waals surface area contributed by atoms with Crippen molar-refractivity contribution in [2.24, 2.45) is 0 Å². The molecule has 12 heteroatoms. The monoisotopic (exact) mass is 400 g/mol. The minimum absolute atomic E-state index is 0.117. The number of hydrogen-bond acceptors (Lipinski definition) is 5. The Labute approximate surface area is 127 Å². The summed E-state index contributed by atoms with van der Waals surface area (Å²) < 4.78 is 29.5. The first-order chi connectivity index (χ1) is 9.64. The lowest BCUT2D eigenvalue weighted by Gasteiger charge is -2.11. The lowest BCUT2D eigenvalue weighted by Crippen LogP contribution is -2.13. The number of aromatic nitrogens is 2. The molecule has 0 spiro atoms. The van der Waals surface area contributed by atoms with Gasteiger partial charge in [-0.3, -0.25) is 9.13 Å². The normalized spacial score (nSPS) is 15.3. The first-order valence-electron chi connectivity index (χ1n) is 5.41. The molecule has 2 heterocycles. The Bertz CT molecular complexity index is 771. The largest absolute Gasteiger partial charge is 0.376 e. The first-order valence-corrected chi connectivity index (χ1v) is 9.58. The highest BCUT2D eigenvalue weighted by Crippen LogP contribution is 2.47. The number of hydrogen-bond donors (Lipinski definition) is 3. The molecule has 0 saturated carbocycles. The summed E-state index contributed by atoms with van der Waals surface area (Å²) >= 11 is 3.21. The zero-order valence-corrected chi connectivity index (χ0v) is 14.0. The van der Waals surface area contributed by atoms with Gasteiger partial charge in [-0.05, 0) is 12.1 Å². The van der Waals surface area contributed by atoms with Crippen LogP contribution in [-0.4, -0.2) is 31.2 Å². The van der Waals surface area contributed by atoms with Gasteiger partial charge in [-0.1, -0.05) is 15.9 Å². The second-order valence-electron chi connectivity index (χ2n) is 4.04. The van der Waals surface area contributed by atoms with Crippen molar-refractivity contribution in [3.8, 4) is 0 Å². The Balaban J connectivity index is 2.64. The van der Waals surface area contributed by atoms with Gasteiger partial charge in [0.1, 0.15) is 5.65 Å². The zero-order chi connectivity index (χ0) is 15.8. The molecule has 0 bridgehead atoms. The van der Waals surface area contributed by atoms with Gasteiger partial charge in [0, 0.05) is 10.7 Å². The maximum absolute atomic E-state index is 11.8. The summed E-state index contributed by atoms with van der Waals surface area (Å²) in [4.78, 5) is 36.3. The van der Waals surface area contributed by atoms with Crippen molar-refractivity contribution in [1.29, 1.82) is 0 Å². The van der Waals surface area contributed by atoms with Gasteiger partial charge in [0.25, 0.3) is 0 Å². The van der Waals surface area contributed by atoms with E-state index >= 15 is 0 Å². The number of fused-ring (bicyclic) bond motifs is 1. The van der Waals surface area contributed by atoms with E-state index in [2.05, 4.69) is 30.5 Å². The molecule has 0 radical (unpaired) electrons. The number of imidazole rings is 1. The van der Waals surface area contributed by atoms with Crippen LogP contribution in [0.25, 0.3) is 5.65 Å². The molecule has 1 atom stereocenters. The van der Waals surface area contributed by atoms with Crippen molar-refractivity contribution >= 4 is 42.2 Å². The van der Waals surface area contributed by atoms with Crippen molar-refractivity contribution in [2.75, 3.05) is 7.11 Å². The molecule has 0 amide bonds. The van der Waals surface area contributed by atoms with E-state index in [1.165, 1.54) is 16.7 Å². The number of nitrogens with zero attached hydrogens (tertiary/aromatic N) is 2. The third kappa shape index (κ3) is 3.80. The van der Waals surface area contributed by atoms with Crippen LogP contribution in [0.3, 0.4) is 0 Å². The summed E-state index contributed by atoms with van der Waals surface area (Å²) in [5.41, 5.74) is -0.474. The van der Waals surface area contributed by atoms with Crippen LogP contribution in [0.5, 0.6) is 0 Å². The molecule has 0 aliphatic rings. The first kappa shape index (κ1) is 16.8. The topological polar surface area (TPSA) is 131 Å². The molecule has 3 N–H and O–H groups in total. The summed E-state index contributed by atoms with van der Waals surface area (Å²) in [7, 11) is -7.90. The molecule has 0 saturated heterocycles. The van der Waals surface area contributed by atoms with Gasteiger partial charge in [0.05, 0.1) is 19.0 Å². The molecule has 2 aromatic heterocycles. The molecule has 21 heavy (non-hydrogen) atoms. The third-order valence-electron chi connectivity index (χ3n) is 2.48. The van der Waals surface area contributed by atoms with Crippen LogP contribution in [-0.2, 0) is 24.9 Å². The molecule has 1 unspecified atom stereocenters. The Morgan fingerprint density at radius 2 is 2.05 bits per heavy atom. The van der Waals surface area contributed by atoms with Crippen molar-refractivity contribution in [2.45, 2.75) is 6.16 Å². The molecule has 0 aromatic carbocycles. The number of pyridine rings is 1. The van der Waals surface area contributed by atoms with Crippen molar-refractivity contribution in [3.63, 3.8) is 0 Å². The average molecular weight is 401 g/mol. The fourth-order valence-corrected chi connectivity index (χ4v) is 3.94. The molecule has 116 valence electrons. The van der Waals surface area contributed by atoms with E-state index < -0.39 is 26.8 Å². The summed E-state index contributed by atoms with van der Waals surface area (Å²) in [5, 5.41) is 0. The highest BCUT2D eigenvalue weighted by atomic mass is 79.9. The summed E-state index contributed by atoms with van der Waals surface area (Å²) in [6.45, 7) is 0. The third-order valence-corrected chi connectivity index (χ3v) is 4.97. The number of rotatable bonds is 5. The lowest BCUT2D eigenvalue weighted by molar-refractivity contribution is -0.185. The minimum atomic E-state index is -4.72. The van der Waals surface area contributed by atoms with Crippen LogP contribution in [0.1, 0.15) is 5.69 Å². The number of halogens is 1. The predicted molar refractivity (Wildman–Crippen MR) is 76.2 cm³/mol. The van der Waals surface area contributed by atoms with Gasteiger partial charge in [-0.15, -0.1) is 4.67 Å². The standard InChI is InChI=1S/C9H11BrN2O7P2/c1-18-19-20(13,14)5-7-9(21(15,16)17)11-8-4-6(10)2-3-12(7)8/h2-4H,5H2,1H3,(H,13,14)(H2,15,16,17). The van der Waals surface area contributed by atoms with E-state index in [0.29, 0.717) is 4.47 Å². The predicted octanol–water partition coefficient (Wildman–Crippen LogP) is 1.16. The molecular weight excluding hydrogens is 390 g/mol. The van der Waals surface area contributed by atoms with E-state index in [9.17, 15) is 23.8 Å². The van der Waals surface area contributed by atoms with E-state index in [0.717, 1.165) is 7.11 Å². The van der Waals surface area contributed by atoms with Gasteiger partial charge >= 0.3 is 15.2 Å². The van der Waals surface area contributed by atoms with Crippen LogP contribution in [0.15, 0.2) is 22.8 Å². The van der Waals surface area contributed by atoms with Crippen LogP contribution < -0.4 is 5.44 Å². The highest BCUT2D eigenvalue weighted by molar-refractivity contribution is 9.10. The van der Waals surface area contributed by atoms with E-state index in [-0.39, 0.29) is 11.3 Å². The SMILES string of the molecule is COOP(=O)(O)Cc1c(P(=O)(O)O)nc2cc(Br)ccn12. The highest BCUT2D eigenvalue weighted by Gasteiger charge is 2.33. The zero-order valence-electron chi connectivity index (χ0n) is 10.6. The van der Waals surface area contributed by atoms with Gasteiger partial charge in [0.15, 0.2) is 5.44 Å². The Kier molecular flexibility index (Phi) is 4.72. The minimum Gasteiger partial charge on any atom is -0.323 e. The summed E-state index contributed by atoms with van der Waals surface area (Å²) in [5.74, 6) is 0. The molecule has 0 aliphatic heterocycles. The Morgan fingerprint density at radius 1 is 1.38 bits per heavy atom. The van der Waals surface area contributed by atoms with Gasteiger partial charge in [-0.25, -0.2) is 9.87 Å². The molecule has 2 rings (SSSR count). The van der Waals surface area contributed by atoms with Crippen LogP contribution in [0, 0.1) is 0 Å². The van der Waals surface area contributed by atoms with E-state index in [1.54, 1.807) is 6.07 Å². The molecule has 0 aliphatic carbocycles. The maximum Gasteiger partial charge on any atom is 0.376 e. The average Bonchev–Trinajstić information content (AvgIpc) is 2.66. The summed E-state index contributed by atoms with van der Waals surface area (Å²) in [6.07, 6.45) is 0.803. The van der Waals surface area contributed by atoms with Crippen LogP contribution in [0.4, 0.5) is 0 Å². The maximum atomic E-state index is 11.8. The van der Waals surface area contributed by atoms with Gasteiger partial charge in [0.2, 0.25) is 0 Å². The van der Waals surface area contributed by atoms with Gasteiger partial charge in [-0.2, -0.15) is 0 Å². The van der Waals surface area contributed by atoms with Crippen LogP contribution >= 0.6 is 31.1 Å².